The number of benzene rings is 2. The van der Waals surface area contributed by atoms with Crippen molar-refractivity contribution in [1.29, 1.82) is 0 Å². The lowest BCUT2D eigenvalue weighted by molar-refractivity contribution is 0.0587. The molecule has 0 atom stereocenters. The smallest absolute Gasteiger partial charge is 0.339 e. The number of carbonyl (C=O) groups is 3. The fraction of sp³-hybridized carbons (Fsp3) is 0.286. The van der Waals surface area contributed by atoms with E-state index in [1.54, 1.807) is 0 Å². The Labute approximate surface area is 180 Å². The average molecular weight is 446 g/mol. The number of sulfonamides is 1. The second kappa shape index (κ2) is 9.27. The number of rotatable bonds is 6. The van der Waals surface area contributed by atoms with Crippen LogP contribution in [0.15, 0.2) is 47.4 Å². The van der Waals surface area contributed by atoms with Crippen LogP contribution in [-0.2, 0) is 19.5 Å². The molecule has 164 valence electrons. The van der Waals surface area contributed by atoms with Gasteiger partial charge in [-0.15, -0.1) is 0 Å². The molecule has 1 aliphatic rings. The van der Waals surface area contributed by atoms with Crippen LogP contribution in [0.2, 0.25) is 0 Å². The minimum absolute atomic E-state index is 0.0125. The van der Waals surface area contributed by atoms with Crippen LogP contribution in [0.3, 0.4) is 0 Å². The molecule has 0 aromatic heterocycles. The lowest BCUT2D eigenvalue weighted by atomic mass is 10.1. The van der Waals surface area contributed by atoms with Crippen molar-refractivity contribution in [3.8, 4) is 0 Å². The summed E-state index contributed by atoms with van der Waals surface area (Å²) < 4.78 is 36.3. The Hall–Kier alpha value is -3.24. The third-order valence-electron chi connectivity index (χ3n) is 4.89. The first-order chi connectivity index (χ1) is 14.8. The van der Waals surface area contributed by atoms with Gasteiger partial charge in [-0.3, -0.25) is 4.79 Å². The van der Waals surface area contributed by atoms with Gasteiger partial charge in [0, 0.05) is 18.7 Å². The molecule has 31 heavy (non-hydrogen) atoms. The maximum atomic E-state index is 12.8. The lowest BCUT2D eigenvalue weighted by Crippen LogP contribution is -2.28. The Morgan fingerprint density at radius 1 is 0.903 bits per heavy atom. The first-order valence-electron chi connectivity index (χ1n) is 9.50. The molecule has 9 nitrogen and oxygen atoms in total. The quantitative estimate of drug-likeness (QED) is 0.676. The van der Waals surface area contributed by atoms with Crippen molar-refractivity contribution in [2.75, 3.05) is 32.6 Å². The van der Waals surface area contributed by atoms with Crippen molar-refractivity contribution < 1.29 is 32.3 Å². The topological polar surface area (TPSA) is 119 Å². The Kier molecular flexibility index (Phi) is 6.71. The largest absolute Gasteiger partial charge is 0.465 e. The van der Waals surface area contributed by atoms with E-state index in [0.717, 1.165) is 12.8 Å². The second-order valence-electron chi connectivity index (χ2n) is 6.84. The zero-order chi connectivity index (χ0) is 22.6. The monoisotopic (exact) mass is 446 g/mol. The summed E-state index contributed by atoms with van der Waals surface area (Å²) in [6, 6.07) is 9.65. The summed E-state index contributed by atoms with van der Waals surface area (Å²) in [4.78, 5) is 36.7. The molecule has 10 heteroatoms. The van der Waals surface area contributed by atoms with Crippen molar-refractivity contribution in [3.05, 3.63) is 59.2 Å². The van der Waals surface area contributed by atoms with Gasteiger partial charge in [-0.2, -0.15) is 4.31 Å². The summed E-state index contributed by atoms with van der Waals surface area (Å²) in [6.45, 7) is 0.892. The molecule has 0 radical (unpaired) electrons. The predicted octanol–water partition coefficient (Wildman–Crippen LogP) is 2.30. The Balaban J connectivity index is 1.92. The average Bonchev–Trinajstić information content (AvgIpc) is 3.34. The number of ether oxygens (including phenoxy) is 2. The van der Waals surface area contributed by atoms with Crippen LogP contribution < -0.4 is 5.32 Å². The van der Waals surface area contributed by atoms with Gasteiger partial charge in [0.2, 0.25) is 10.0 Å². The minimum atomic E-state index is -3.70. The van der Waals surface area contributed by atoms with Crippen molar-refractivity contribution in [1.82, 2.24) is 4.31 Å². The number of nitrogens with zero attached hydrogens (tertiary/aromatic N) is 1. The second-order valence-corrected chi connectivity index (χ2v) is 8.77. The van der Waals surface area contributed by atoms with Gasteiger partial charge >= 0.3 is 11.9 Å². The summed E-state index contributed by atoms with van der Waals surface area (Å²) in [6.07, 6.45) is 1.60. The highest BCUT2D eigenvalue weighted by Crippen LogP contribution is 2.24. The molecule has 1 amide bonds. The SMILES string of the molecule is COC(=O)c1ccc(C(=O)OC)c(NC(=O)c2cccc(S(=O)(=O)N3CCCC3)c2)c1. The van der Waals surface area contributed by atoms with Crippen molar-refractivity contribution in [2.45, 2.75) is 17.7 Å². The molecule has 1 aliphatic heterocycles. The Morgan fingerprint density at radius 3 is 2.23 bits per heavy atom. The zero-order valence-corrected chi connectivity index (χ0v) is 17.9. The number of carbonyl (C=O) groups excluding carboxylic acids is 3. The van der Waals surface area contributed by atoms with Gasteiger partial charge in [0.25, 0.3) is 5.91 Å². The van der Waals surface area contributed by atoms with E-state index < -0.39 is 27.9 Å². The molecular formula is C21H22N2O7S. The van der Waals surface area contributed by atoms with Crippen molar-refractivity contribution in [2.24, 2.45) is 0 Å². The number of amides is 1. The van der Waals surface area contributed by atoms with Gasteiger partial charge in [0.05, 0.1) is 35.9 Å². The van der Waals surface area contributed by atoms with Gasteiger partial charge in [-0.1, -0.05) is 6.07 Å². The summed E-state index contributed by atoms with van der Waals surface area (Å²) in [5.74, 6) is -2.01. The van der Waals surface area contributed by atoms with Crippen LogP contribution in [0.5, 0.6) is 0 Å². The number of nitrogens with one attached hydrogen (secondary N) is 1. The van der Waals surface area contributed by atoms with E-state index in [-0.39, 0.29) is 27.3 Å². The molecule has 0 aliphatic carbocycles. The van der Waals surface area contributed by atoms with Crippen LogP contribution in [0.25, 0.3) is 0 Å². The minimum Gasteiger partial charge on any atom is -0.465 e. The van der Waals surface area contributed by atoms with E-state index in [1.807, 2.05) is 0 Å². The first kappa shape index (κ1) is 22.4. The van der Waals surface area contributed by atoms with Gasteiger partial charge < -0.3 is 14.8 Å². The molecule has 0 spiro atoms. The van der Waals surface area contributed by atoms with Gasteiger partial charge in [-0.25, -0.2) is 18.0 Å². The fourth-order valence-electron chi connectivity index (χ4n) is 3.25. The molecule has 1 fully saturated rings. The molecule has 1 N–H and O–H groups in total. The third kappa shape index (κ3) is 4.75. The van der Waals surface area contributed by atoms with Crippen LogP contribution in [0, 0.1) is 0 Å². The molecule has 2 aromatic carbocycles. The molecule has 1 heterocycles. The molecular weight excluding hydrogens is 424 g/mol. The number of anilines is 1. The van der Waals surface area contributed by atoms with Gasteiger partial charge in [-0.05, 0) is 49.2 Å². The number of hydrogen-bond acceptors (Lipinski definition) is 7. The van der Waals surface area contributed by atoms with Crippen LogP contribution >= 0.6 is 0 Å². The summed E-state index contributed by atoms with van der Waals surface area (Å²) >= 11 is 0. The van der Waals surface area contributed by atoms with Gasteiger partial charge in [0.1, 0.15) is 0 Å². The van der Waals surface area contributed by atoms with Crippen molar-refractivity contribution in [3.63, 3.8) is 0 Å². The van der Waals surface area contributed by atoms with Gasteiger partial charge in [0.15, 0.2) is 0 Å². The number of esters is 2. The highest BCUT2D eigenvalue weighted by molar-refractivity contribution is 7.89. The van der Waals surface area contributed by atoms with E-state index in [1.165, 1.54) is 61.0 Å². The standard InChI is InChI=1S/C21H22N2O7S/c1-29-20(25)15-8-9-17(21(26)30-2)18(13-15)22-19(24)14-6-5-7-16(12-14)31(27,28)23-10-3-4-11-23/h5-9,12-13H,3-4,10-11H2,1-2H3,(H,22,24). The molecule has 1 saturated heterocycles. The lowest BCUT2D eigenvalue weighted by Gasteiger charge is -2.16. The Morgan fingerprint density at radius 2 is 1.58 bits per heavy atom. The highest BCUT2D eigenvalue weighted by atomic mass is 32.2. The summed E-state index contributed by atoms with van der Waals surface area (Å²) in [7, 11) is -1.30. The maximum Gasteiger partial charge on any atom is 0.339 e. The van der Waals surface area contributed by atoms with E-state index in [2.05, 4.69) is 10.1 Å². The van der Waals surface area contributed by atoms with Crippen LogP contribution in [-0.4, -0.2) is 57.9 Å². The first-order valence-corrected chi connectivity index (χ1v) is 10.9. The van der Waals surface area contributed by atoms with Crippen LogP contribution in [0.4, 0.5) is 5.69 Å². The van der Waals surface area contributed by atoms with E-state index in [9.17, 15) is 22.8 Å². The Bertz CT molecular complexity index is 1120. The van der Waals surface area contributed by atoms with E-state index in [4.69, 9.17) is 4.74 Å². The predicted molar refractivity (Wildman–Crippen MR) is 112 cm³/mol. The maximum absolute atomic E-state index is 12.8. The molecule has 0 saturated carbocycles. The zero-order valence-electron chi connectivity index (χ0n) is 17.1. The summed E-state index contributed by atoms with van der Waals surface area (Å²) in [5.41, 5.74) is 0.271. The highest BCUT2D eigenvalue weighted by Gasteiger charge is 2.28. The van der Waals surface area contributed by atoms with Crippen LogP contribution in [0.1, 0.15) is 43.9 Å². The molecule has 3 rings (SSSR count). The molecule has 0 bridgehead atoms. The number of methoxy groups -OCH3 is 2. The van der Waals surface area contributed by atoms with Crippen molar-refractivity contribution >= 4 is 33.6 Å². The van der Waals surface area contributed by atoms with E-state index >= 15 is 0 Å². The summed E-state index contributed by atoms with van der Waals surface area (Å²) in [5, 5.41) is 2.55. The van der Waals surface area contributed by atoms with E-state index in [0.29, 0.717) is 13.1 Å². The normalized spacial score (nSPS) is 14.1. The fourth-order valence-corrected chi connectivity index (χ4v) is 4.81. The third-order valence-corrected chi connectivity index (χ3v) is 6.79. The number of hydrogen-bond donors (Lipinski definition) is 1. The molecule has 2 aromatic rings. The molecule has 0 unspecified atom stereocenters.